The van der Waals surface area contributed by atoms with E-state index in [1.54, 1.807) is 0 Å². The molecule has 1 fully saturated rings. The summed E-state index contributed by atoms with van der Waals surface area (Å²) in [6.45, 7) is 12.2. The number of carbonyl (C=O) groups is 1. The molecule has 4 heteroatoms. The number of nitrogens with zero attached hydrogens (tertiary/aromatic N) is 1. The van der Waals surface area contributed by atoms with Gasteiger partial charge in [-0.05, 0) is 53.1 Å². The molecule has 1 amide bonds. The molecule has 1 atom stereocenters. The SMILES string of the molecule is CCC(C)(C)NC(=O)CNC(C)CN1CCCC1. The van der Waals surface area contributed by atoms with Gasteiger partial charge < -0.3 is 15.5 Å². The summed E-state index contributed by atoms with van der Waals surface area (Å²) in [7, 11) is 0. The Morgan fingerprint density at radius 3 is 2.50 bits per heavy atom. The van der Waals surface area contributed by atoms with Gasteiger partial charge >= 0.3 is 0 Å². The van der Waals surface area contributed by atoms with Gasteiger partial charge in [0.15, 0.2) is 0 Å². The standard InChI is InChI=1S/C14H29N3O/c1-5-14(3,4)16-13(18)10-15-12(2)11-17-8-6-7-9-17/h12,15H,5-11H2,1-4H3,(H,16,18). The van der Waals surface area contributed by atoms with Crippen LogP contribution in [0.5, 0.6) is 0 Å². The molecule has 1 aliphatic rings. The van der Waals surface area contributed by atoms with Gasteiger partial charge in [-0.3, -0.25) is 4.79 Å². The maximum absolute atomic E-state index is 11.8. The Balaban J connectivity index is 2.17. The van der Waals surface area contributed by atoms with Crippen LogP contribution in [0.2, 0.25) is 0 Å². The monoisotopic (exact) mass is 255 g/mol. The van der Waals surface area contributed by atoms with Crippen LogP contribution in [0.1, 0.15) is 47.0 Å². The highest BCUT2D eigenvalue weighted by Gasteiger charge is 2.18. The molecule has 1 unspecified atom stereocenters. The van der Waals surface area contributed by atoms with Gasteiger partial charge in [0.1, 0.15) is 0 Å². The van der Waals surface area contributed by atoms with E-state index in [1.165, 1.54) is 25.9 Å². The topological polar surface area (TPSA) is 44.4 Å². The van der Waals surface area contributed by atoms with Crippen LogP contribution in [-0.4, -0.2) is 48.6 Å². The van der Waals surface area contributed by atoms with Crippen LogP contribution in [0, 0.1) is 0 Å². The van der Waals surface area contributed by atoms with Crippen molar-refractivity contribution in [2.24, 2.45) is 0 Å². The summed E-state index contributed by atoms with van der Waals surface area (Å²) in [5.74, 6) is 0.0927. The molecule has 0 bridgehead atoms. The lowest BCUT2D eigenvalue weighted by atomic mass is 10.0. The molecular weight excluding hydrogens is 226 g/mol. The van der Waals surface area contributed by atoms with Gasteiger partial charge in [-0.25, -0.2) is 0 Å². The van der Waals surface area contributed by atoms with Gasteiger partial charge in [0.05, 0.1) is 6.54 Å². The Bertz CT molecular complexity index is 260. The first kappa shape index (κ1) is 15.4. The molecule has 1 aliphatic heterocycles. The molecule has 1 heterocycles. The normalized spacial score (nSPS) is 18.9. The molecule has 0 spiro atoms. The third-order valence-electron chi connectivity index (χ3n) is 3.70. The van der Waals surface area contributed by atoms with Crippen LogP contribution in [0.25, 0.3) is 0 Å². The number of rotatable bonds is 7. The van der Waals surface area contributed by atoms with Crippen molar-refractivity contribution in [3.63, 3.8) is 0 Å². The zero-order valence-corrected chi connectivity index (χ0v) is 12.4. The molecule has 0 aromatic heterocycles. The van der Waals surface area contributed by atoms with E-state index in [0.717, 1.165) is 13.0 Å². The maximum Gasteiger partial charge on any atom is 0.234 e. The van der Waals surface area contributed by atoms with Crippen molar-refractivity contribution in [2.45, 2.75) is 58.5 Å². The van der Waals surface area contributed by atoms with Gasteiger partial charge in [-0.2, -0.15) is 0 Å². The summed E-state index contributed by atoms with van der Waals surface area (Å²) in [6.07, 6.45) is 3.58. The Labute approximate surface area is 111 Å². The second-order valence-electron chi connectivity index (χ2n) is 6.08. The van der Waals surface area contributed by atoms with Gasteiger partial charge in [-0.1, -0.05) is 6.92 Å². The summed E-state index contributed by atoms with van der Waals surface area (Å²) in [5, 5.41) is 6.34. The number of nitrogens with one attached hydrogen (secondary N) is 2. The molecule has 4 nitrogen and oxygen atoms in total. The Hall–Kier alpha value is -0.610. The lowest BCUT2D eigenvalue weighted by molar-refractivity contribution is -0.122. The molecule has 106 valence electrons. The first-order valence-corrected chi connectivity index (χ1v) is 7.19. The van der Waals surface area contributed by atoms with Gasteiger partial charge in [-0.15, -0.1) is 0 Å². The van der Waals surface area contributed by atoms with Crippen molar-refractivity contribution in [3.8, 4) is 0 Å². The van der Waals surface area contributed by atoms with E-state index in [0.29, 0.717) is 12.6 Å². The average molecular weight is 255 g/mol. The zero-order chi connectivity index (χ0) is 13.6. The van der Waals surface area contributed by atoms with Crippen molar-refractivity contribution in [2.75, 3.05) is 26.2 Å². The van der Waals surface area contributed by atoms with E-state index in [-0.39, 0.29) is 11.4 Å². The van der Waals surface area contributed by atoms with Crippen molar-refractivity contribution >= 4 is 5.91 Å². The molecule has 0 radical (unpaired) electrons. The molecule has 0 aromatic rings. The minimum absolute atomic E-state index is 0.0927. The fourth-order valence-corrected chi connectivity index (χ4v) is 2.19. The summed E-state index contributed by atoms with van der Waals surface area (Å²) in [4.78, 5) is 14.2. The van der Waals surface area contributed by atoms with E-state index in [9.17, 15) is 4.79 Å². The Morgan fingerprint density at radius 2 is 1.94 bits per heavy atom. The number of amides is 1. The van der Waals surface area contributed by atoms with Crippen molar-refractivity contribution < 1.29 is 4.79 Å². The first-order valence-electron chi connectivity index (χ1n) is 7.19. The summed E-state index contributed by atoms with van der Waals surface area (Å²) < 4.78 is 0. The predicted octanol–water partition coefficient (Wildman–Crippen LogP) is 1.37. The molecule has 2 N–H and O–H groups in total. The fourth-order valence-electron chi connectivity index (χ4n) is 2.19. The Morgan fingerprint density at radius 1 is 1.33 bits per heavy atom. The molecule has 18 heavy (non-hydrogen) atoms. The minimum atomic E-state index is -0.100. The Kier molecular flexibility index (Phi) is 6.09. The van der Waals surface area contributed by atoms with E-state index in [4.69, 9.17) is 0 Å². The number of likely N-dealkylation sites (tertiary alicyclic amines) is 1. The van der Waals surface area contributed by atoms with E-state index >= 15 is 0 Å². The van der Waals surface area contributed by atoms with E-state index in [2.05, 4.69) is 43.2 Å². The molecular formula is C14H29N3O. The fraction of sp³-hybridized carbons (Fsp3) is 0.929. The van der Waals surface area contributed by atoms with Crippen LogP contribution in [0.3, 0.4) is 0 Å². The second-order valence-corrected chi connectivity index (χ2v) is 6.08. The summed E-state index contributed by atoms with van der Waals surface area (Å²) in [5.41, 5.74) is -0.100. The highest BCUT2D eigenvalue weighted by molar-refractivity contribution is 5.78. The third kappa shape index (κ3) is 5.83. The first-order chi connectivity index (χ1) is 8.43. The second kappa shape index (κ2) is 7.10. The number of hydrogen-bond donors (Lipinski definition) is 2. The van der Waals surface area contributed by atoms with Crippen LogP contribution in [0.4, 0.5) is 0 Å². The lowest BCUT2D eigenvalue weighted by Gasteiger charge is -2.26. The molecule has 0 aromatic carbocycles. The van der Waals surface area contributed by atoms with Crippen molar-refractivity contribution in [1.29, 1.82) is 0 Å². The number of hydrogen-bond acceptors (Lipinski definition) is 3. The molecule has 1 saturated heterocycles. The highest BCUT2D eigenvalue weighted by atomic mass is 16.2. The quantitative estimate of drug-likeness (QED) is 0.722. The van der Waals surface area contributed by atoms with Crippen LogP contribution >= 0.6 is 0 Å². The largest absolute Gasteiger partial charge is 0.350 e. The summed E-state index contributed by atoms with van der Waals surface area (Å²) >= 11 is 0. The van der Waals surface area contributed by atoms with Crippen LogP contribution < -0.4 is 10.6 Å². The zero-order valence-electron chi connectivity index (χ0n) is 12.4. The third-order valence-corrected chi connectivity index (χ3v) is 3.70. The summed E-state index contributed by atoms with van der Waals surface area (Å²) in [6, 6.07) is 0.374. The minimum Gasteiger partial charge on any atom is -0.350 e. The van der Waals surface area contributed by atoms with Crippen molar-refractivity contribution in [3.05, 3.63) is 0 Å². The van der Waals surface area contributed by atoms with E-state index in [1.807, 2.05) is 0 Å². The highest BCUT2D eigenvalue weighted by Crippen LogP contribution is 2.08. The maximum atomic E-state index is 11.8. The average Bonchev–Trinajstić information content (AvgIpc) is 2.78. The predicted molar refractivity (Wildman–Crippen MR) is 75.7 cm³/mol. The van der Waals surface area contributed by atoms with Gasteiger partial charge in [0.25, 0.3) is 0 Å². The van der Waals surface area contributed by atoms with Gasteiger partial charge in [0.2, 0.25) is 5.91 Å². The van der Waals surface area contributed by atoms with Crippen LogP contribution in [0.15, 0.2) is 0 Å². The smallest absolute Gasteiger partial charge is 0.234 e. The van der Waals surface area contributed by atoms with Crippen LogP contribution in [-0.2, 0) is 4.79 Å². The van der Waals surface area contributed by atoms with E-state index < -0.39 is 0 Å². The lowest BCUT2D eigenvalue weighted by Crippen LogP contribution is -2.49. The van der Waals surface area contributed by atoms with Crippen molar-refractivity contribution in [1.82, 2.24) is 15.5 Å². The van der Waals surface area contributed by atoms with Gasteiger partial charge in [0, 0.05) is 18.1 Å². The number of carbonyl (C=O) groups excluding carboxylic acids is 1. The molecule has 1 rings (SSSR count). The molecule has 0 saturated carbocycles. The molecule has 0 aliphatic carbocycles.